The number of benzene rings is 1. The number of halogens is 2. The van der Waals surface area contributed by atoms with Crippen LogP contribution in [-0.4, -0.2) is 31.1 Å². The van der Waals surface area contributed by atoms with E-state index in [-0.39, 0.29) is 17.2 Å². The lowest BCUT2D eigenvalue weighted by molar-refractivity contribution is -0.0501. The van der Waals surface area contributed by atoms with Gasteiger partial charge in [-0.3, -0.25) is 4.90 Å². The molecule has 0 bridgehead atoms. The summed E-state index contributed by atoms with van der Waals surface area (Å²) in [6.45, 7) is 3.50. The molecule has 5 heteroatoms. The first-order valence-corrected chi connectivity index (χ1v) is 6.96. The van der Waals surface area contributed by atoms with Crippen molar-refractivity contribution < 1.29 is 13.5 Å². The lowest BCUT2D eigenvalue weighted by Crippen LogP contribution is -2.33. The quantitative estimate of drug-likeness (QED) is 0.779. The third kappa shape index (κ3) is 3.79. The molecule has 0 aliphatic carbocycles. The van der Waals surface area contributed by atoms with Gasteiger partial charge in [0.15, 0.2) is 0 Å². The molecule has 3 nitrogen and oxygen atoms in total. The summed E-state index contributed by atoms with van der Waals surface area (Å²) in [6, 6.07) is 6.94. The molecule has 0 unspecified atom stereocenters. The van der Waals surface area contributed by atoms with E-state index in [0.717, 1.165) is 38.0 Å². The Morgan fingerprint density at radius 1 is 1.43 bits per heavy atom. The first kappa shape index (κ1) is 15.5. The van der Waals surface area contributed by atoms with Gasteiger partial charge in [-0.2, -0.15) is 14.0 Å². The number of likely N-dealkylation sites (tertiary alicyclic amines) is 1. The molecule has 1 saturated heterocycles. The van der Waals surface area contributed by atoms with E-state index in [1.54, 1.807) is 6.07 Å². The summed E-state index contributed by atoms with van der Waals surface area (Å²) < 4.78 is 29.2. The fourth-order valence-electron chi connectivity index (χ4n) is 2.81. The second kappa shape index (κ2) is 7.19. The summed E-state index contributed by atoms with van der Waals surface area (Å²) >= 11 is 0. The Balaban J connectivity index is 2.17. The SMILES string of the molecule is C=CCN1CCC(c2cccc(OC(F)F)c2C#N)CC1. The fourth-order valence-corrected chi connectivity index (χ4v) is 2.81. The minimum absolute atomic E-state index is 0.0291. The fraction of sp³-hybridized carbons (Fsp3) is 0.438. The molecule has 0 radical (unpaired) electrons. The predicted molar refractivity (Wildman–Crippen MR) is 76.4 cm³/mol. The normalized spacial score (nSPS) is 16.7. The topological polar surface area (TPSA) is 36.3 Å². The zero-order valence-electron chi connectivity index (χ0n) is 11.8. The molecule has 1 fully saturated rings. The van der Waals surface area contributed by atoms with Crippen molar-refractivity contribution in [3.05, 3.63) is 42.0 Å². The van der Waals surface area contributed by atoms with Crippen LogP contribution in [0.4, 0.5) is 8.78 Å². The average Bonchev–Trinajstić information content (AvgIpc) is 2.47. The Kier molecular flexibility index (Phi) is 5.29. The largest absolute Gasteiger partial charge is 0.433 e. The number of rotatable bonds is 5. The maximum Gasteiger partial charge on any atom is 0.387 e. The zero-order chi connectivity index (χ0) is 15.2. The zero-order valence-corrected chi connectivity index (χ0v) is 11.8. The standard InChI is InChI=1S/C16H18F2N2O/c1-2-8-20-9-6-12(7-10-20)13-4-3-5-15(14(13)11-19)21-16(17)18/h2-5,12,16H,1,6-10H2. The molecular weight excluding hydrogens is 274 g/mol. The lowest BCUT2D eigenvalue weighted by Gasteiger charge is -2.31. The van der Waals surface area contributed by atoms with E-state index in [1.807, 2.05) is 18.2 Å². The Morgan fingerprint density at radius 3 is 2.71 bits per heavy atom. The van der Waals surface area contributed by atoms with Crippen molar-refractivity contribution in [2.45, 2.75) is 25.4 Å². The van der Waals surface area contributed by atoms with E-state index >= 15 is 0 Å². The van der Waals surface area contributed by atoms with Crippen molar-refractivity contribution in [1.29, 1.82) is 5.26 Å². The van der Waals surface area contributed by atoms with E-state index in [2.05, 4.69) is 16.2 Å². The van der Waals surface area contributed by atoms with Crippen LogP contribution < -0.4 is 4.74 Å². The molecule has 0 atom stereocenters. The summed E-state index contributed by atoms with van der Waals surface area (Å²) in [7, 11) is 0. The summed E-state index contributed by atoms with van der Waals surface area (Å²) in [4.78, 5) is 2.29. The second-order valence-corrected chi connectivity index (χ2v) is 5.07. The lowest BCUT2D eigenvalue weighted by atomic mass is 9.86. The van der Waals surface area contributed by atoms with Gasteiger partial charge in [0.25, 0.3) is 0 Å². The van der Waals surface area contributed by atoms with Gasteiger partial charge < -0.3 is 4.74 Å². The van der Waals surface area contributed by atoms with Crippen molar-refractivity contribution in [3.8, 4) is 11.8 Å². The van der Waals surface area contributed by atoms with Gasteiger partial charge in [-0.15, -0.1) is 6.58 Å². The molecule has 0 spiro atoms. The minimum Gasteiger partial charge on any atom is -0.433 e. The van der Waals surface area contributed by atoms with Gasteiger partial charge in [0, 0.05) is 6.54 Å². The predicted octanol–water partition coefficient (Wildman–Crippen LogP) is 3.53. The second-order valence-electron chi connectivity index (χ2n) is 5.07. The third-order valence-corrected chi connectivity index (χ3v) is 3.80. The van der Waals surface area contributed by atoms with Crippen LogP contribution in [0.5, 0.6) is 5.75 Å². The van der Waals surface area contributed by atoms with Gasteiger partial charge in [0.05, 0.1) is 5.56 Å². The molecule has 1 aromatic carbocycles. The van der Waals surface area contributed by atoms with E-state index in [9.17, 15) is 14.0 Å². The van der Waals surface area contributed by atoms with Crippen molar-refractivity contribution in [3.63, 3.8) is 0 Å². The van der Waals surface area contributed by atoms with Crippen molar-refractivity contribution in [1.82, 2.24) is 4.90 Å². The van der Waals surface area contributed by atoms with Crippen LogP contribution in [0.3, 0.4) is 0 Å². The summed E-state index contributed by atoms with van der Waals surface area (Å²) in [5.41, 5.74) is 1.05. The van der Waals surface area contributed by atoms with E-state index < -0.39 is 6.61 Å². The monoisotopic (exact) mass is 292 g/mol. The number of hydrogen-bond donors (Lipinski definition) is 0. The van der Waals surface area contributed by atoms with Gasteiger partial charge in [-0.1, -0.05) is 18.2 Å². The molecular formula is C16H18F2N2O. The molecule has 0 amide bonds. The van der Waals surface area contributed by atoms with Crippen molar-refractivity contribution in [2.24, 2.45) is 0 Å². The molecule has 0 N–H and O–H groups in total. The summed E-state index contributed by atoms with van der Waals surface area (Å²) in [6.07, 6.45) is 3.68. The van der Waals surface area contributed by atoms with Gasteiger partial charge >= 0.3 is 6.61 Å². The third-order valence-electron chi connectivity index (χ3n) is 3.80. The van der Waals surface area contributed by atoms with Gasteiger partial charge in [-0.25, -0.2) is 0 Å². The molecule has 0 aromatic heterocycles. The molecule has 2 rings (SSSR count). The van der Waals surface area contributed by atoms with Crippen molar-refractivity contribution >= 4 is 0 Å². The number of alkyl halides is 2. The Bertz CT molecular complexity index is 532. The van der Waals surface area contributed by atoms with Crippen LogP contribution in [0.25, 0.3) is 0 Å². The maximum atomic E-state index is 12.4. The molecule has 1 aliphatic heterocycles. The average molecular weight is 292 g/mol. The molecule has 112 valence electrons. The Labute approximate surface area is 123 Å². The van der Waals surface area contributed by atoms with Crippen molar-refractivity contribution in [2.75, 3.05) is 19.6 Å². The smallest absolute Gasteiger partial charge is 0.387 e. The molecule has 1 aliphatic rings. The van der Waals surface area contributed by atoms with Crippen LogP contribution in [0, 0.1) is 11.3 Å². The van der Waals surface area contributed by atoms with Crippen LogP contribution in [0.15, 0.2) is 30.9 Å². The van der Waals surface area contributed by atoms with Crippen LogP contribution in [0.1, 0.15) is 29.9 Å². The Morgan fingerprint density at radius 2 is 2.14 bits per heavy atom. The number of ether oxygens (including phenoxy) is 1. The van der Waals surface area contributed by atoms with Crippen LogP contribution in [0.2, 0.25) is 0 Å². The highest BCUT2D eigenvalue weighted by Crippen LogP contribution is 2.34. The van der Waals surface area contributed by atoms with Gasteiger partial charge in [0.1, 0.15) is 11.8 Å². The number of hydrogen-bond acceptors (Lipinski definition) is 3. The molecule has 1 aromatic rings. The van der Waals surface area contributed by atoms with Gasteiger partial charge in [-0.05, 0) is 43.5 Å². The highest BCUT2D eigenvalue weighted by molar-refractivity contribution is 5.50. The van der Waals surface area contributed by atoms with E-state index in [1.165, 1.54) is 6.07 Å². The maximum absolute atomic E-state index is 12.4. The van der Waals surface area contributed by atoms with Crippen LogP contribution >= 0.6 is 0 Å². The molecule has 21 heavy (non-hydrogen) atoms. The highest BCUT2D eigenvalue weighted by Gasteiger charge is 2.24. The first-order valence-electron chi connectivity index (χ1n) is 6.96. The Hall–Kier alpha value is -1.93. The number of piperidine rings is 1. The first-order chi connectivity index (χ1) is 10.2. The minimum atomic E-state index is -2.92. The highest BCUT2D eigenvalue weighted by atomic mass is 19.3. The summed E-state index contributed by atoms with van der Waals surface area (Å²) in [5, 5.41) is 9.28. The van der Waals surface area contributed by atoms with E-state index in [0.29, 0.717) is 0 Å². The van der Waals surface area contributed by atoms with Crippen LogP contribution in [-0.2, 0) is 0 Å². The number of nitriles is 1. The number of nitrogens with zero attached hydrogens (tertiary/aromatic N) is 2. The van der Waals surface area contributed by atoms with E-state index in [4.69, 9.17) is 0 Å². The summed E-state index contributed by atoms with van der Waals surface area (Å²) in [5.74, 6) is 0.181. The molecule has 0 saturated carbocycles. The van der Waals surface area contributed by atoms with Gasteiger partial charge in [0.2, 0.25) is 0 Å². The molecule has 1 heterocycles.